The maximum absolute atomic E-state index is 10.9. The molecule has 0 radical (unpaired) electrons. The zero-order chi connectivity index (χ0) is 7.44. The summed E-state index contributed by atoms with van der Waals surface area (Å²) < 4.78 is 0. The average molecular weight is 147 g/mol. The Morgan fingerprint density at radius 1 is 1.67 bits per heavy atom. The monoisotopic (exact) mass is 146 g/mol. The van der Waals surface area contributed by atoms with Gasteiger partial charge in [0.2, 0.25) is 0 Å². The molecule has 0 aliphatic carbocycles. The number of Topliss-reactive ketones (excluding diaryl/α,β-unsaturated/α-hetero) is 1. The highest BCUT2D eigenvalue weighted by molar-refractivity contribution is 6.32. The summed E-state index contributed by atoms with van der Waals surface area (Å²) >= 11 is 5.54. The zero-order valence-corrected chi connectivity index (χ0v) is 6.48. The van der Waals surface area contributed by atoms with Crippen molar-refractivity contribution in [2.24, 2.45) is 5.92 Å². The van der Waals surface area contributed by atoms with Gasteiger partial charge in [0.15, 0.2) is 5.78 Å². The first kappa shape index (κ1) is 8.70. The first-order valence-electron chi connectivity index (χ1n) is 2.90. The zero-order valence-electron chi connectivity index (χ0n) is 5.73. The third-order valence-electron chi connectivity index (χ3n) is 1.05. The van der Waals surface area contributed by atoms with Crippen molar-refractivity contribution in [3.05, 3.63) is 12.7 Å². The Morgan fingerprint density at radius 3 is 2.22 bits per heavy atom. The summed E-state index contributed by atoms with van der Waals surface area (Å²) in [6.07, 6.45) is 1.45. The molecular formula is C7H11ClO. The molecule has 0 aromatic rings. The second-order valence-corrected chi connectivity index (χ2v) is 2.66. The van der Waals surface area contributed by atoms with Crippen LogP contribution in [0.1, 0.15) is 13.8 Å². The van der Waals surface area contributed by atoms with Crippen molar-refractivity contribution in [1.82, 2.24) is 0 Å². The quantitative estimate of drug-likeness (QED) is 0.440. The lowest BCUT2D eigenvalue weighted by Crippen LogP contribution is -2.17. The smallest absolute Gasteiger partial charge is 0.157 e. The Kier molecular flexibility index (Phi) is 3.55. The van der Waals surface area contributed by atoms with E-state index in [1.165, 1.54) is 6.08 Å². The summed E-state index contributed by atoms with van der Waals surface area (Å²) in [6, 6.07) is 0. The van der Waals surface area contributed by atoms with E-state index in [0.29, 0.717) is 0 Å². The summed E-state index contributed by atoms with van der Waals surface area (Å²) in [5, 5.41) is -0.509. The number of hydrogen-bond acceptors (Lipinski definition) is 1. The van der Waals surface area contributed by atoms with Crippen LogP contribution in [0.15, 0.2) is 12.7 Å². The van der Waals surface area contributed by atoms with E-state index in [4.69, 9.17) is 11.6 Å². The molecule has 0 aliphatic rings. The number of rotatable bonds is 3. The second-order valence-electron chi connectivity index (χ2n) is 2.19. The van der Waals surface area contributed by atoms with E-state index in [1.54, 1.807) is 0 Å². The Balaban J connectivity index is 3.87. The van der Waals surface area contributed by atoms with Gasteiger partial charge in [-0.1, -0.05) is 19.9 Å². The Hall–Kier alpha value is -0.300. The molecule has 0 amide bonds. The van der Waals surface area contributed by atoms with E-state index in [9.17, 15) is 4.79 Å². The van der Waals surface area contributed by atoms with Gasteiger partial charge in [0.1, 0.15) is 5.38 Å². The van der Waals surface area contributed by atoms with Crippen LogP contribution in [0.4, 0.5) is 0 Å². The molecule has 1 atom stereocenters. The number of halogens is 1. The average Bonchev–Trinajstić information content (AvgIpc) is 1.84. The van der Waals surface area contributed by atoms with Gasteiger partial charge in [0.25, 0.3) is 0 Å². The van der Waals surface area contributed by atoms with E-state index in [-0.39, 0.29) is 11.7 Å². The van der Waals surface area contributed by atoms with E-state index in [1.807, 2.05) is 13.8 Å². The fourth-order valence-corrected chi connectivity index (χ4v) is 0.687. The Morgan fingerprint density at radius 2 is 2.11 bits per heavy atom. The molecule has 0 aromatic carbocycles. The third kappa shape index (κ3) is 2.66. The van der Waals surface area contributed by atoms with Crippen LogP contribution in [-0.4, -0.2) is 11.2 Å². The molecule has 0 aromatic heterocycles. The van der Waals surface area contributed by atoms with Crippen molar-refractivity contribution in [2.45, 2.75) is 19.2 Å². The molecule has 0 saturated heterocycles. The number of allylic oxidation sites excluding steroid dienone is 1. The van der Waals surface area contributed by atoms with Gasteiger partial charge < -0.3 is 0 Å². The van der Waals surface area contributed by atoms with E-state index < -0.39 is 5.38 Å². The number of carbonyl (C=O) groups is 1. The van der Waals surface area contributed by atoms with Crippen LogP contribution >= 0.6 is 11.6 Å². The van der Waals surface area contributed by atoms with Gasteiger partial charge in [0.05, 0.1) is 0 Å². The highest BCUT2D eigenvalue weighted by Gasteiger charge is 2.13. The van der Waals surface area contributed by atoms with Gasteiger partial charge in [-0.2, -0.15) is 0 Å². The van der Waals surface area contributed by atoms with Crippen LogP contribution in [0.5, 0.6) is 0 Å². The first-order chi connectivity index (χ1) is 4.09. The molecule has 0 spiro atoms. The maximum Gasteiger partial charge on any atom is 0.157 e. The second kappa shape index (κ2) is 3.67. The van der Waals surface area contributed by atoms with Crippen molar-refractivity contribution in [2.75, 3.05) is 0 Å². The molecule has 0 saturated carbocycles. The van der Waals surface area contributed by atoms with E-state index in [2.05, 4.69) is 6.58 Å². The molecule has 0 bridgehead atoms. The van der Waals surface area contributed by atoms with Gasteiger partial charge in [-0.25, -0.2) is 0 Å². The summed E-state index contributed by atoms with van der Waals surface area (Å²) in [5.74, 6) is 0.0390. The number of ketones is 1. The molecule has 9 heavy (non-hydrogen) atoms. The summed E-state index contributed by atoms with van der Waals surface area (Å²) in [6.45, 7) is 7.05. The van der Waals surface area contributed by atoms with Gasteiger partial charge in [-0.05, 0) is 0 Å². The lowest BCUT2D eigenvalue weighted by molar-refractivity contribution is -0.120. The van der Waals surface area contributed by atoms with Crippen molar-refractivity contribution >= 4 is 17.4 Å². The molecule has 0 N–H and O–H groups in total. The summed E-state index contributed by atoms with van der Waals surface area (Å²) in [4.78, 5) is 10.9. The Bertz CT molecular complexity index is 118. The largest absolute Gasteiger partial charge is 0.297 e. The normalized spacial score (nSPS) is 13.3. The molecular weight excluding hydrogens is 136 g/mol. The van der Waals surface area contributed by atoms with Crippen LogP contribution in [-0.2, 0) is 4.79 Å². The van der Waals surface area contributed by atoms with Crippen LogP contribution in [0.3, 0.4) is 0 Å². The molecule has 2 heteroatoms. The highest BCUT2D eigenvalue weighted by Crippen LogP contribution is 2.05. The molecule has 1 unspecified atom stereocenters. The molecule has 52 valence electrons. The van der Waals surface area contributed by atoms with Crippen molar-refractivity contribution < 1.29 is 4.79 Å². The minimum atomic E-state index is -0.509. The van der Waals surface area contributed by atoms with Crippen LogP contribution in [0.2, 0.25) is 0 Å². The van der Waals surface area contributed by atoms with Crippen LogP contribution < -0.4 is 0 Å². The summed E-state index contributed by atoms with van der Waals surface area (Å²) in [5.41, 5.74) is 0. The van der Waals surface area contributed by atoms with Crippen LogP contribution in [0, 0.1) is 5.92 Å². The molecule has 0 heterocycles. The van der Waals surface area contributed by atoms with Gasteiger partial charge in [-0.15, -0.1) is 18.2 Å². The molecule has 0 rings (SSSR count). The molecule has 0 aliphatic heterocycles. The van der Waals surface area contributed by atoms with Crippen molar-refractivity contribution in [3.8, 4) is 0 Å². The SMILES string of the molecule is C=CC(Cl)C(=O)C(C)C. The fraction of sp³-hybridized carbons (Fsp3) is 0.571. The Labute approximate surface area is 60.7 Å². The molecule has 1 nitrogen and oxygen atoms in total. The van der Waals surface area contributed by atoms with E-state index in [0.717, 1.165) is 0 Å². The lowest BCUT2D eigenvalue weighted by Gasteiger charge is -2.04. The van der Waals surface area contributed by atoms with Gasteiger partial charge >= 0.3 is 0 Å². The van der Waals surface area contributed by atoms with E-state index >= 15 is 0 Å². The minimum Gasteiger partial charge on any atom is -0.297 e. The minimum absolute atomic E-state index is 0.00509. The first-order valence-corrected chi connectivity index (χ1v) is 3.33. The standard InChI is InChI=1S/C7H11ClO/c1-4-6(8)7(9)5(2)3/h4-6H,1H2,2-3H3. The number of alkyl halides is 1. The highest BCUT2D eigenvalue weighted by atomic mass is 35.5. The number of hydrogen-bond donors (Lipinski definition) is 0. The van der Waals surface area contributed by atoms with Crippen molar-refractivity contribution in [3.63, 3.8) is 0 Å². The fourth-order valence-electron chi connectivity index (χ4n) is 0.435. The summed E-state index contributed by atoms with van der Waals surface area (Å²) in [7, 11) is 0. The van der Waals surface area contributed by atoms with Crippen molar-refractivity contribution in [1.29, 1.82) is 0 Å². The maximum atomic E-state index is 10.9. The predicted molar refractivity (Wildman–Crippen MR) is 39.7 cm³/mol. The van der Waals surface area contributed by atoms with Gasteiger partial charge in [-0.3, -0.25) is 4.79 Å². The van der Waals surface area contributed by atoms with Crippen LogP contribution in [0.25, 0.3) is 0 Å². The lowest BCUT2D eigenvalue weighted by atomic mass is 10.1. The third-order valence-corrected chi connectivity index (χ3v) is 1.44. The topological polar surface area (TPSA) is 17.1 Å². The number of carbonyl (C=O) groups excluding carboxylic acids is 1. The van der Waals surface area contributed by atoms with Gasteiger partial charge in [0, 0.05) is 5.92 Å². The predicted octanol–water partition coefficient (Wildman–Crippen LogP) is 2.00. The molecule has 0 fully saturated rings.